The van der Waals surface area contributed by atoms with E-state index in [0.717, 1.165) is 16.7 Å². The Morgan fingerprint density at radius 3 is 2.10 bits per heavy atom. The second-order valence-corrected chi connectivity index (χ2v) is 7.31. The van der Waals surface area contributed by atoms with Gasteiger partial charge in [-0.1, -0.05) is 54.6 Å². The zero-order valence-electron chi connectivity index (χ0n) is 16.2. The lowest BCUT2D eigenvalue weighted by atomic mass is 9.92. The molecule has 30 heavy (non-hydrogen) atoms. The van der Waals surface area contributed by atoms with Gasteiger partial charge < -0.3 is 5.32 Å². The van der Waals surface area contributed by atoms with E-state index in [1.807, 2.05) is 54.6 Å². The SMILES string of the molecule is CC1(c2ccc([N+](=O)[O-])cc2)NC(=O)N(Cc2ccc(-c3ccccc3)cc2)C1=O. The lowest BCUT2D eigenvalue weighted by molar-refractivity contribution is -0.384. The Morgan fingerprint density at radius 1 is 0.900 bits per heavy atom. The van der Waals surface area contributed by atoms with Crippen LogP contribution in [0.4, 0.5) is 10.5 Å². The Hall–Kier alpha value is -4.00. The maximum atomic E-state index is 13.1. The predicted molar refractivity (Wildman–Crippen MR) is 111 cm³/mol. The summed E-state index contributed by atoms with van der Waals surface area (Å²) in [6.07, 6.45) is 0. The minimum Gasteiger partial charge on any atom is -0.319 e. The average Bonchev–Trinajstić information content (AvgIpc) is 2.99. The molecule has 1 heterocycles. The summed E-state index contributed by atoms with van der Waals surface area (Å²) >= 11 is 0. The minimum atomic E-state index is -1.27. The molecule has 4 rings (SSSR count). The van der Waals surface area contributed by atoms with Crippen LogP contribution in [0.3, 0.4) is 0 Å². The average molecular weight is 401 g/mol. The van der Waals surface area contributed by atoms with E-state index >= 15 is 0 Å². The van der Waals surface area contributed by atoms with Crippen molar-refractivity contribution in [3.05, 3.63) is 100 Å². The van der Waals surface area contributed by atoms with Crippen molar-refractivity contribution < 1.29 is 14.5 Å². The van der Waals surface area contributed by atoms with Crippen molar-refractivity contribution in [2.24, 2.45) is 0 Å². The molecule has 1 atom stereocenters. The number of benzene rings is 3. The van der Waals surface area contributed by atoms with E-state index in [1.165, 1.54) is 29.2 Å². The van der Waals surface area contributed by atoms with E-state index in [1.54, 1.807) is 6.92 Å². The van der Waals surface area contributed by atoms with Crippen LogP contribution in [0.5, 0.6) is 0 Å². The van der Waals surface area contributed by atoms with Crippen LogP contribution >= 0.6 is 0 Å². The molecule has 7 heteroatoms. The molecule has 1 saturated heterocycles. The Kier molecular flexibility index (Phi) is 4.79. The van der Waals surface area contributed by atoms with E-state index in [4.69, 9.17) is 0 Å². The van der Waals surface area contributed by atoms with E-state index in [-0.39, 0.29) is 12.2 Å². The van der Waals surface area contributed by atoms with Crippen molar-refractivity contribution in [2.45, 2.75) is 19.0 Å². The van der Waals surface area contributed by atoms with Crippen LogP contribution in [-0.2, 0) is 16.9 Å². The fraction of sp³-hybridized carbons (Fsp3) is 0.130. The van der Waals surface area contributed by atoms with E-state index < -0.39 is 22.4 Å². The van der Waals surface area contributed by atoms with Crippen LogP contribution in [0.1, 0.15) is 18.1 Å². The van der Waals surface area contributed by atoms with Crippen LogP contribution < -0.4 is 5.32 Å². The highest BCUT2D eigenvalue weighted by Gasteiger charge is 2.48. The molecular weight excluding hydrogens is 382 g/mol. The van der Waals surface area contributed by atoms with Crippen molar-refractivity contribution in [3.8, 4) is 11.1 Å². The summed E-state index contributed by atoms with van der Waals surface area (Å²) in [4.78, 5) is 37.1. The third-order valence-corrected chi connectivity index (χ3v) is 5.33. The molecule has 3 aromatic rings. The quantitative estimate of drug-likeness (QED) is 0.393. The molecule has 0 spiro atoms. The van der Waals surface area contributed by atoms with Crippen LogP contribution in [0.2, 0.25) is 0 Å². The highest BCUT2D eigenvalue weighted by molar-refractivity contribution is 6.07. The van der Waals surface area contributed by atoms with Crippen molar-refractivity contribution in [1.82, 2.24) is 10.2 Å². The molecule has 0 saturated carbocycles. The second kappa shape index (κ2) is 7.44. The number of urea groups is 1. The number of nitro groups is 1. The fourth-order valence-electron chi connectivity index (χ4n) is 3.57. The van der Waals surface area contributed by atoms with Gasteiger partial charge in [-0.3, -0.25) is 19.8 Å². The molecule has 1 aliphatic heterocycles. The number of hydrogen-bond acceptors (Lipinski definition) is 4. The second-order valence-electron chi connectivity index (χ2n) is 7.31. The molecule has 0 radical (unpaired) electrons. The van der Waals surface area contributed by atoms with Crippen molar-refractivity contribution in [1.29, 1.82) is 0 Å². The van der Waals surface area contributed by atoms with E-state index in [2.05, 4.69) is 5.32 Å². The smallest absolute Gasteiger partial charge is 0.319 e. The van der Waals surface area contributed by atoms with Gasteiger partial charge in [0.15, 0.2) is 0 Å². The lowest BCUT2D eigenvalue weighted by Crippen LogP contribution is -2.40. The van der Waals surface area contributed by atoms with Gasteiger partial charge in [0.05, 0.1) is 11.5 Å². The summed E-state index contributed by atoms with van der Waals surface area (Å²) in [7, 11) is 0. The summed E-state index contributed by atoms with van der Waals surface area (Å²) in [6, 6.07) is 22.8. The Bertz CT molecular complexity index is 1110. The molecule has 1 N–H and O–H groups in total. The topological polar surface area (TPSA) is 92.6 Å². The first-order valence-corrected chi connectivity index (χ1v) is 9.42. The lowest BCUT2D eigenvalue weighted by Gasteiger charge is -2.22. The van der Waals surface area contributed by atoms with Crippen LogP contribution in [0.25, 0.3) is 11.1 Å². The summed E-state index contributed by atoms with van der Waals surface area (Å²) in [5, 5.41) is 13.6. The predicted octanol–water partition coefficient (Wildman–Crippen LogP) is 4.23. The van der Waals surface area contributed by atoms with Crippen molar-refractivity contribution >= 4 is 17.6 Å². The number of nitrogens with zero attached hydrogens (tertiary/aromatic N) is 2. The third-order valence-electron chi connectivity index (χ3n) is 5.33. The molecule has 0 bridgehead atoms. The Morgan fingerprint density at radius 2 is 1.50 bits per heavy atom. The number of nitro benzene ring substituents is 1. The summed E-state index contributed by atoms with van der Waals surface area (Å²) in [6.45, 7) is 1.75. The molecule has 1 aliphatic rings. The molecule has 0 aromatic heterocycles. The van der Waals surface area contributed by atoms with Crippen LogP contribution in [0.15, 0.2) is 78.9 Å². The van der Waals surface area contributed by atoms with Gasteiger partial charge in [0.1, 0.15) is 5.54 Å². The highest BCUT2D eigenvalue weighted by atomic mass is 16.6. The minimum absolute atomic E-state index is 0.0746. The van der Waals surface area contributed by atoms with E-state index in [0.29, 0.717) is 5.56 Å². The molecular formula is C23H19N3O4. The summed E-state index contributed by atoms with van der Waals surface area (Å²) in [5.41, 5.74) is 2.11. The zero-order valence-corrected chi connectivity index (χ0v) is 16.2. The molecule has 0 aliphatic carbocycles. The number of amides is 3. The largest absolute Gasteiger partial charge is 0.325 e. The third kappa shape index (κ3) is 3.41. The van der Waals surface area contributed by atoms with Gasteiger partial charge in [-0.2, -0.15) is 0 Å². The molecule has 150 valence electrons. The fourth-order valence-corrected chi connectivity index (χ4v) is 3.57. The van der Waals surface area contributed by atoms with E-state index in [9.17, 15) is 19.7 Å². The molecule has 3 amide bonds. The number of non-ortho nitro benzene ring substituents is 1. The van der Waals surface area contributed by atoms with Gasteiger partial charge in [-0.25, -0.2) is 4.79 Å². The summed E-state index contributed by atoms with van der Waals surface area (Å²) in [5.74, 6) is -0.395. The van der Waals surface area contributed by atoms with Gasteiger partial charge in [0, 0.05) is 12.1 Å². The number of rotatable bonds is 5. The van der Waals surface area contributed by atoms with Crippen LogP contribution in [-0.4, -0.2) is 21.8 Å². The number of carbonyl (C=O) groups is 2. The number of imide groups is 1. The van der Waals surface area contributed by atoms with Gasteiger partial charge >= 0.3 is 6.03 Å². The molecule has 3 aromatic carbocycles. The number of nitrogens with one attached hydrogen (secondary N) is 1. The Labute approximate surface area is 173 Å². The monoisotopic (exact) mass is 401 g/mol. The Balaban J connectivity index is 1.53. The maximum absolute atomic E-state index is 13.1. The first-order chi connectivity index (χ1) is 14.4. The molecule has 1 unspecified atom stereocenters. The first-order valence-electron chi connectivity index (χ1n) is 9.42. The normalized spacial score (nSPS) is 18.4. The maximum Gasteiger partial charge on any atom is 0.325 e. The summed E-state index contributed by atoms with van der Waals surface area (Å²) < 4.78 is 0. The van der Waals surface area contributed by atoms with Gasteiger partial charge in [-0.15, -0.1) is 0 Å². The zero-order chi connectivity index (χ0) is 21.3. The number of carbonyl (C=O) groups excluding carboxylic acids is 2. The van der Waals surface area contributed by atoms with Crippen LogP contribution in [0, 0.1) is 10.1 Å². The molecule has 1 fully saturated rings. The van der Waals surface area contributed by atoms with Gasteiger partial charge in [0.2, 0.25) is 0 Å². The number of hydrogen-bond donors (Lipinski definition) is 1. The standard InChI is InChI=1S/C23H19N3O4/c1-23(19-11-13-20(14-12-19)26(29)30)21(27)25(22(28)24-23)15-16-7-9-18(10-8-16)17-5-3-2-4-6-17/h2-14H,15H2,1H3,(H,24,28). The van der Waals surface area contributed by atoms with Crippen molar-refractivity contribution in [2.75, 3.05) is 0 Å². The van der Waals surface area contributed by atoms with Gasteiger partial charge in [0.25, 0.3) is 11.6 Å². The first kappa shape index (κ1) is 19.3. The molecule has 7 nitrogen and oxygen atoms in total. The van der Waals surface area contributed by atoms with Crippen molar-refractivity contribution in [3.63, 3.8) is 0 Å². The highest BCUT2D eigenvalue weighted by Crippen LogP contribution is 2.31. The van der Waals surface area contributed by atoms with Gasteiger partial charge in [-0.05, 0) is 41.3 Å².